The van der Waals surface area contributed by atoms with Gasteiger partial charge in [0.05, 0.1) is 21.4 Å². The Kier molecular flexibility index (Phi) is 3.15. The van der Waals surface area contributed by atoms with E-state index >= 15 is 0 Å². The summed E-state index contributed by atoms with van der Waals surface area (Å²) in [6.45, 7) is 1.82. The molecule has 16 heavy (non-hydrogen) atoms. The number of hydrogen-bond donors (Lipinski definition) is 1. The average Bonchev–Trinajstić information content (AvgIpc) is 2.48. The summed E-state index contributed by atoms with van der Waals surface area (Å²) >= 11 is 16.1. The van der Waals surface area contributed by atoms with E-state index in [0.29, 0.717) is 10.7 Å². The first-order valence-corrected chi connectivity index (χ1v) is 5.59. The second-order valence-electron chi connectivity index (χ2n) is 3.24. The van der Waals surface area contributed by atoms with Gasteiger partial charge in [-0.2, -0.15) is 0 Å². The Morgan fingerprint density at radius 3 is 2.31 bits per heavy atom. The summed E-state index contributed by atoms with van der Waals surface area (Å²) in [4.78, 5) is 4.01. The summed E-state index contributed by atoms with van der Waals surface area (Å²) in [5.74, 6) is -0.470. The first kappa shape index (κ1) is 11.8. The number of halogens is 3. The highest BCUT2D eigenvalue weighted by Crippen LogP contribution is 2.31. The highest BCUT2D eigenvalue weighted by Gasteiger charge is 2.13. The summed E-state index contributed by atoms with van der Waals surface area (Å²) in [5, 5.41) is 1.05. The number of rotatable bonds is 1. The van der Waals surface area contributed by atoms with Crippen LogP contribution in [0.25, 0.3) is 5.69 Å². The maximum absolute atomic E-state index is 13.0. The molecule has 0 aliphatic heterocycles. The SMILES string of the molecule is Cc1c(S)ncn1-c1c(Cl)cc(F)cc1Cl. The van der Waals surface area contributed by atoms with Gasteiger partial charge < -0.3 is 0 Å². The first-order valence-electron chi connectivity index (χ1n) is 4.38. The van der Waals surface area contributed by atoms with Crippen LogP contribution in [0.5, 0.6) is 0 Å². The number of imidazole rings is 1. The van der Waals surface area contributed by atoms with Crippen molar-refractivity contribution in [2.24, 2.45) is 0 Å². The lowest BCUT2D eigenvalue weighted by Crippen LogP contribution is -1.98. The lowest BCUT2D eigenvalue weighted by atomic mass is 10.3. The van der Waals surface area contributed by atoms with Crippen LogP contribution in [0.3, 0.4) is 0 Å². The number of hydrogen-bond acceptors (Lipinski definition) is 2. The Balaban J connectivity index is 2.69. The Bertz CT molecular complexity index is 531. The van der Waals surface area contributed by atoms with Crippen LogP contribution in [-0.2, 0) is 0 Å². The lowest BCUT2D eigenvalue weighted by Gasteiger charge is -2.10. The number of benzene rings is 1. The van der Waals surface area contributed by atoms with E-state index in [1.165, 1.54) is 12.1 Å². The van der Waals surface area contributed by atoms with Gasteiger partial charge in [-0.25, -0.2) is 9.37 Å². The Morgan fingerprint density at radius 1 is 1.31 bits per heavy atom. The minimum Gasteiger partial charge on any atom is -0.299 e. The molecule has 0 aliphatic carbocycles. The van der Waals surface area contributed by atoms with Gasteiger partial charge in [-0.3, -0.25) is 4.57 Å². The molecule has 0 amide bonds. The van der Waals surface area contributed by atoms with Crippen molar-refractivity contribution in [1.29, 1.82) is 0 Å². The third-order valence-corrected chi connectivity index (χ3v) is 3.22. The van der Waals surface area contributed by atoms with E-state index in [-0.39, 0.29) is 10.0 Å². The van der Waals surface area contributed by atoms with E-state index in [0.717, 1.165) is 5.69 Å². The van der Waals surface area contributed by atoms with Crippen LogP contribution < -0.4 is 0 Å². The topological polar surface area (TPSA) is 17.8 Å². The maximum atomic E-state index is 13.0. The third-order valence-electron chi connectivity index (χ3n) is 2.20. The summed E-state index contributed by atoms with van der Waals surface area (Å²) in [6.07, 6.45) is 1.54. The number of aromatic nitrogens is 2. The maximum Gasteiger partial charge on any atom is 0.126 e. The minimum absolute atomic E-state index is 0.235. The molecule has 0 atom stereocenters. The second kappa shape index (κ2) is 4.28. The van der Waals surface area contributed by atoms with E-state index in [1.54, 1.807) is 10.9 Å². The zero-order chi connectivity index (χ0) is 11.9. The Labute approximate surface area is 107 Å². The zero-order valence-corrected chi connectivity index (χ0v) is 10.6. The fraction of sp³-hybridized carbons (Fsp3) is 0.100. The van der Waals surface area contributed by atoms with Gasteiger partial charge in [0.15, 0.2) is 0 Å². The van der Waals surface area contributed by atoms with Crippen molar-refractivity contribution < 1.29 is 4.39 Å². The van der Waals surface area contributed by atoms with E-state index in [4.69, 9.17) is 23.2 Å². The molecule has 1 aromatic heterocycles. The van der Waals surface area contributed by atoms with Crippen LogP contribution in [0.15, 0.2) is 23.5 Å². The molecule has 0 saturated heterocycles. The van der Waals surface area contributed by atoms with Crippen LogP contribution in [0.2, 0.25) is 10.0 Å². The van der Waals surface area contributed by atoms with Gasteiger partial charge >= 0.3 is 0 Å². The molecule has 0 aliphatic rings. The first-order chi connectivity index (χ1) is 7.50. The summed E-state index contributed by atoms with van der Waals surface area (Å²) in [5.41, 5.74) is 1.30. The van der Waals surface area contributed by atoms with Crippen molar-refractivity contribution in [2.75, 3.05) is 0 Å². The Hall–Kier alpha value is -0.710. The predicted molar refractivity (Wildman–Crippen MR) is 65.5 cm³/mol. The average molecular weight is 277 g/mol. The molecule has 2 aromatic rings. The van der Waals surface area contributed by atoms with Crippen molar-refractivity contribution in [1.82, 2.24) is 9.55 Å². The molecular formula is C10H7Cl2FN2S. The Morgan fingerprint density at radius 2 is 1.88 bits per heavy atom. The molecule has 0 saturated carbocycles. The highest BCUT2D eigenvalue weighted by molar-refractivity contribution is 7.80. The smallest absolute Gasteiger partial charge is 0.126 e. The van der Waals surface area contributed by atoms with Crippen molar-refractivity contribution in [3.05, 3.63) is 40.0 Å². The number of nitrogens with zero attached hydrogens (tertiary/aromatic N) is 2. The van der Waals surface area contributed by atoms with Crippen molar-refractivity contribution in [3.63, 3.8) is 0 Å². The van der Waals surface area contributed by atoms with Crippen molar-refractivity contribution >= 4 is 35.8 Å². The number of thiol groups is 1. The molecule has 0 radical (unpaired) electrons. The molecule has 2 rings (SSSR count). The van der Waals surface area contributed by atoms with E-state index in [9.17, 15) is 4.39 Å². The molecule has 2 nitrogen and oxygen atoms in total. The van der Waals surface area contributed by atoms with Gasteiger partial charge in [0, 0.05) is 0 Å². The van der Waals surface area contributed by atoms with Gasteiger partial charge in [-0.1, -0.05) is 23.2 Å². The monoisotopic (exact) mass is 276 g/mol. The van der Waals surface area contributed by atoms with Crippen LogP contribution in [0.1, 0.15) is 5.69 Å². The van der Waals surface area contributed by atoms with Gasteiger partial charge in [0.1, 0.15) is 17.2 Å². The van der Waals surface area contributed by atoms with Crippen molar-refractivity contribution in [2.45, 2.75) is 11.9 Å². The van der Waals surface area contributed by atoms with E-state index in [2.05, 4.69) is 17.6 Å². The zero-order valence-electron chi connectivity index (χ0n) is 8.21. The van der Waals surface area contributed by atoms with Crippen LogP contribution in [-0.4, -0.2) is 9.55 Å². The largest absolute Gasteiger partial charge is 0.299 e. The third kappa shape index (κ3) is 1.93. The molecule has 6 heteroatoms. The van der Waals surface area contributed by atoms with Gasteiger partial charge in [-0.15, -0.1) is 12.6 Å². The lowest BCUT2D eigenvalue weighted by molar-refractivity contribution is 0.627. The fourth-order valence-electron chi connectivity index (χ4n) is 1.39. The van der Waals surface area contributed by atoms with Crippen LogP contribution >= 0.6 is 35.8 Å². The minimum atomic E-state index is -0.470. The quantitative estimate of drug-likeness (QED) is 0.782. The van der Waals surface area contributed by atoms with Gasteiger partial charge in [0.2, 0.25) is 0 Å². The summed E-state index contributed by atoms with van der Waals surface area (Å²) in [6, 6.07) is 2.42. The molecule has 0 spiro atoms. The molecule has 0 fully saturated rings. The normalized spacial score (nSPS) is 10.8. The molecule has 0 unspecified atom stereocenters. The van der Waals surface area contributed by atoms with Gasteiger partial charge in [-0.05, 0) is 19.1 Å². The molecule has 1 aromatic carbocycles. The van der Waals surface area contributed by atoms with E-state index < -0.39 is 5.82 Å². The standard InChI is InChI=1S/C10H7Cl2FN2S/c1-5-10(16)14-4-15(5)9-7(11)2-6(13)3-8(9)12/h2-4,16H,1H3. The van der Waals surface area contributed by atoms with Crippen LogP contribution in [0, 0.1) is 12.7 Å². The second-order valence-corrected chi connectivity index (χ2v) is 4.48. The predicted octanol–water partition coefficient (Wildman–Crippen LogP) is 3.92. The summed E-state index contributed by atoms with van der Waals surface area (Å²) < 4.78 is 14.7. The van der Waals surface area contributed by atoms with Crippen molar-refractivity contribution in [3.8, 4) is 5.69 Å². The molecule has 0 bridgehead atoms. The summed E-state index contributed by atoms with van der Waals surface area (Å²) in [7, 11) is 0. The molecule has 1 heterocycles. The van der Waals surface area contributed by atoms with Crippen LogP contribution in [0.4, 0.5) is 4.39 Å². The molecule has 0 N–H and O–H groups in total. The molecular weight excluding hydrogens is 270 g/mol. The molecule has 84 valence electrons. The van der Waals surface area contributed by atoms with Gasteiger partial charge in [0.25, 0.3) is 0 Å². The highest BCUT2D eigenvalue weighted by atomic mass is 35.5. The van der Waals surface area contributed by atoms with E-state index in [1.807, 2.05) is 6.92 Å². The fourth-order valence-corrected chi connectivity index (χ4v) is 2.19.